The Hall–Kier alpha value is -3.03. The molecule has 13 heteroatoms. The molecular formula is C18H31N7O6. The first-order chi connectivity index (χ1) is 14.6. The van der Waals surface area contributed by atoms with Crippen LogP contribution in [-0.2, 0) is 25.6 Å². The largest absolute Gasteiger partial charge is 0.480 e. The summed E-state index contributed by atoms with van der Waals surface area (Å²) in [5.41, 5.74) is 11.8. The number of aliphatic carboxylic acids is 1. The van der Waals surface area contributed by atoms with Crippen molar-refractivity contribution in [3.8, 4) is 0 Å². The summed E-state index contributed by atoms with van der Waals surface area (Å²) in [4.78, 5) is 54.5. The van der Waals surface area contributed by atoms with Gasteiger partial charge in [0.05, 0.1) is 25.0 Å². The first-order valence-electron chi connectivity index (χ1n) is 9.86. The zero-order valence-corrected chi connectivity index (χ0v) is 17.3. The van der Waals surface area contributed by atoms with Crippen LogP contribution in [0, 0.1) is 0 Å². The van der Waals surface area contributed by atoms with E-state index in [1.807, 2.05) is 0 Å². The summed E-state index contributed by atoms with van der Waals surface area (Å²) < 4.78 is 0. The third-order valence-electron chi connectivity index (χ3n) is 4.40. The molecule has 0 aromatic carbocycles. The summed E-state index contributed by atoms with van der Waals surface area (Å²) >= 11 is 0. The molecular weight excluding hydrogens is 410 g/mol. The molecule has 1 aromatic heterocycles. The molecule has 0 saturated carbocycles. The minimum Gasteiger partial charge on any atom is -0.480 e. The van der Waals surface area contributed by atoms with Gasteiger partial charge in [-0.15, -0.1) is 0 Å². The molecule has 4 atom stereocenters. The van der Waals surface area contributed by atoms with Gasteiger partial charge in [0.2, 0.25) is 17.7 Å². The van der Waals surface area contributed by atoms with Gasteiger partial charge in [-0.25, -0.2) is 9.78 Å². The molecule has 174 valence electrons. The van der Waals surface area contributed by atoms with Crippen LogP contribution < -0.4 is 27.4 Å². The average Bonchev–Trinajstić information content (AvgIpc) is 3.21. The zero-order valence-electron chi connectivity index (χ0n) is 17.3. The molecule has 10 N–H and O–H groups in total. The van der Waals surface area contributed by atoms with Gasteiger partial charge < -0.3 is 42.6 Å². The molecule has 0 saturated heterocycles. The Labute approximate surface area is 179 Å². The monoisotopic (exact) mass is 441 g/mol. The number of aromatic amines is 1. The number of carboxylic acid groups (broad SMARTS) is 1. The minimum atomic E-state index is -1.35. The summed E-state index contributed by atoms with van der Waals surface area (Å²) in [6.07, 6.45) is 3.16. The van der Waals surface area contributed by atoms with Crippen molar-refractivity contribution in [2.45, 2.75) is 56.8 Å². The van der Waals surface area contributed by atoms with Gasteiger partial charge in [0, 0.05) is 18.3 Å². The summed E-state index contributed by atoms with van der Waals surface area (Å²) in [6, 6.07) is -3.46. The molecule has 4 unspecified atom stereocenters. The normalized spacial score (nSPS) is 14.7. The maximum absolute atomic E-state index is 12.3. The predicted octanol–water partition coefficient (Wildman–Crippen LogP) is -3.04. The molecule has 13 nitrogen and oxygen atoms in total. The van der Waals surface area contributed by atoms with Gasteiger partial charge in [-0.3, -0.25) is 14.4 Å². The van der Waals surface area contributed by atoms with Gasteiger partial charge in [0.25, 0.3) is 0 Å². The van der Waals surface area contributed by atoms with Gasteiger partial charge in [0.15, 0.2) is 0 Å². The molecule has 1 heterocycles. The number of carboxylic acids is 1. The number of nitrogens with two attached hydrogens (primary N) is 2. The highest BCUT2D eigenvalue weighted by molar-refractivity contribution is 5.93. The fourth-order valence-corrected chi connectivity index (χ4v) is 2.66. The molecule has 31 heavy (non-hydrogen) atoms. The lowest BCUT2D eigenvalue weighted by atomic mass is 10.1. The lowest BCUT2D eigenvalue weighted by Gasteiger charge is -2.22. The second-order valence-corrected chi connectivity index (χ2v) is 7.07. The van der Waals surface area contributed by atoms with Gasteiger partial charge >= 0.3 is 5.97 Å². The summed E-state index contributed by atoms with van der Waals surface area (Å²) in [7, 11) is 0. The average molecular weight is 441 g/mol. The number of aliphatic hydroxyl groups is 1. The number of nitrogens with one attached hydrogen (secondary N) is 4. The van der Waals surface area contributed by atoms with Crippen molar-refractivity contribution < 1.29 is 29.4 Å². The molecule has 0 aliphatic rings. The van der Waals surface area contributed by atoms with E-state index in [4.69, 9.17) is 11.5 Å². The van der Waals surface area contributed by atoms with Gasteiger partial charge in [0.1, 0.15) is 12.1 Å². The van der Waals surface area contributed by atoms with Crippen molar-refractivity contribution in [1.82, 2.24) is 25.9 Å². The maximum Gasteiger partial charge on any atom is 0.326 e. The van der Waals surface area contributed by atoms with E-state index in [1.54, 1.807) is 0 Å². The van der Waals surface area contributed by atoms with E-state index in [9.17, 15) is 29.4 Å². The lowest BCUT2D eigenvalue weighted by Crippen LogP contribution is -2.57. The van der Waals surface area contributed by atoms with E-state index >= 15 is 0 Å². The van der Waals surface area contributed by atoms with Gasteiger partial charge in [-0.2, -0.15) is 0 Å². The van der Waals surface area contributed by atoms with E-state index in [0.717, 1.165) is 0 Å². The Bertz CT molecular complexity index is 725. The van der Waals surface area contributed by atoms with Crippen LogP contribution in [0.1, 0.15) is 31.9 Å². The van der Waals surface area contributed by atoms with Crippen LogP contribution in [0.3, 0.4) is 0 Å². The number of aromatic nitrogens is 2. The highest BCUT2D eigenvalue weighted by atomic mass is 16.4. The molecule has 1 rings (SSSR count). The van der Waals surface area contributed by atoms with Gasteiger partial charge in [-0.05, 0) is 32.7 Å². The fourth-order valence-electron chi connectivity index (χ4n) is 2.66. The number of amides is 3. The zero-order chi connectivity index (χ0) is 23.4. The number of nitrogens with zero attached hydrogens (tertiary/aromatic N) is 1. The Kier molecular flexibility index (Phi) is 11.2. The number of carbonyl (C=O) groups is 4. The number of hydrogen-bond donors (Lipinski definition) is 8. The van der Waals surface area contributed by atoms with Crippen molar-refractivity contribution in [2.75, 3.05) is 13.1 Å². The van der Waals surface area contributed by atoms with Gasteiger partial charge in [-0.1, -0.05) is 0 Å². The number of carbonyl (C=O) groups excluding carboxylic acids is 3. The van der Waals surface area contributed by atoms with Crippen LogP contribution in [0.25, 0.3) is 0 Å². The molecule has 0 radical (unpaired) electrons. The molecule has 1 aromatic rings. The maximum atomic E-state index is 12.3. The molecule has 0 aliphatic carbocycles. The summed E-state index contributed by atoms with van der Waals surface area (Å²) in [5.74, 6) is -3.41. The van der Waals surface area contributed by atoms with Crippen molar-refractivity contribution in [1.29, 1.82) is 0 Å². The first kappa shape index (κ1) is 26.0. The van der Waals surface area contributed by atoms with E-state index in [0.29, 0.717) is 25.1 Å². The second-order valence-electron chi connectivity index (χ2n) is 7.07. The van der Waals surface area contributed by atoms with Crippen LogP contribution in [0.15, 0.2) is 12.5 Å². The summed E-state index contributed by atoms with van der Waals surface area (Å²) in [6.45, 7) is 1.18. The second kappa shape index (κ2) is 13.3. The quantitative estimate of drug-likeness (QED) is 0.137. The van der Waals surface area contributed by atoms with E-state index < -0.39 is 54.5 Å². The van der Waals surface area contributed by atoms with Crippen molar-refractivity contribution in [3.63, 3.8) is 0 Å². The lowest BCUT2D eigenvalue weighted by molar-refractivity contribution is -0.142. The number of hydrogen-bond acceptors (Lipinski definition) is 8. The third kappa shape index (κ3) is 9.55. The van der Waals surface area contributed by atoms with Crippen LogP contribution in [0.2, 0.25) is 0 Å². The van der Waals surface area contributed by atoms with Crippen molar-refractivity contribution in [2.24, 2.45) is 11.5 Å². The van der Waals surface area contributed by atoms with E-state index in [-0.39, 0.29) is 12.8 Å². The SMILES string of the molecule is CC(O)C(NC(=O)C(N)Cc1cnc[nH]1)C(=O)NCC(=O)NC(CCCCN)C(=O)O. The Balaban J connectivity index is 2.55. The minimum absolute atomic E-state index is 0.142. The molecule has 3 amide bonds. The van der Waals surface area contributed by atoms with Crippen molar-refractivity contribution >= 4 is 23.7 Å². The van der Waals surface area contributed by atoms with Crippen LogP contribution in [0.4, 0.5) is 0 Å². The number of aliphatic hydroxyl groups excluding tert-OH is 1. The van der Waals surface area contributed by atoms with E-state index in [2.05, 4.69) is 25.9 Å². The first-order valence-corrected chi connectivity index (χ1v) is 9.86. The molecule has 0 aliphatic heterocycles. The van der Waals surface area contributed by atoms with Crippen LogP contribution in [-0.4, -0.2) is 81.2 Å². The predicted molar refractivity (Wildman–Crippen MR) is 109 cm³/mol. The Morgan fingerprint density at radius 3 is 2.45 bits per heavy atom. The summed E-state index contributed by atoms with van der Waals surface area (Å²) in [5, 5.41) is 26.0. The van der Waals surface area contributed by atoms with E-state index in [1.165, 1.54) is 19.4 Å². The standard InChI is InChI=1S/C18H31N7O6/c1-10(26)15(25-16(28)12(20)6-11-7-21-9-23-11)17(29)22-8-14(27)24-13(18(30)31)4-2-3-5-19/h7,9-10,12-13,15,26H,2-6,8,19-20H2,1H3,(H,21,23)(H,22,29)(H,24,27)(H,25,28)(H,30,31). The Morgan fingerprint density at radius 1 is 1.19 bits per heavy atom. The van der Waals surface area contributed by atoms with Crippen LogP contribution >= 0.6 is 0 Å². The molecule has 0 bridgehead atoms. The highest BCUT2D eigenvalue weighted by Crippen LogP contribution is 2.01. The number of rotatable bonds is 14. The number of imidazole rings is 1. The fraction of sp³-hybridized carbons (Fsp3) is 0.611. The third-order valence-corrected chi connectivity index (χ3v) is 4.40. The Morgan fingerprint density at radius 2 is 1.90 bits per heavy atom. The number of H-pyrrole nitrogens is 1. The smallest absolute Gasteiger partial charge is 0.326 e. The van der Waals surface area contributed by atoms with Crippen molar-refractivity contribution in [3.05, 3.63) is 18.2 Å². The van der Waals surface area contributed by atoms with Crippen LogP contribution in [0.5, 0.6) is 0 Å². The number of unbranched alkanes of at least 4 members (excludes halogenated alkanes) is 1. The molecule has 0 spiro atoms. The molecule has 0 fully saturated rings. The topological polar surface area (TPSA) is 226 Å². The highest BCUT2D eigenvalue weighted by Gasteiger charge is 2.28.